The van der Waals surface area contributed by atoms with Crippen molar-refractivity contribution in [2.75, 3.05) is 12.3 Å². The average Bonchev–Trinajstić information content (AvgIpc) is 3.23. The van der Waals surface area contributed by atoms with Crippen LogP contribution in [-0.4, -0.2) is 44.1 Å². The summed E-state index contributed by atoms with van der Waals surface area (Å²) in [5.41, 5.74) is 8.25. The first-order valence-corrected chi connectivity index (χ1v) is 8.90. The highest BCUT2D eigenvalue weighted by atomic mass is 16.7. The number of nitrogens with two attached hydrogens (primary N) is 1. The lowest BCUT2D eigenvalue weighted by Gasteiger charge is -2.25. The van der Waals surface area contributed by atoms with Crippen LogP contribution in [-0.2, 0) is 27.4 Å². The minimum atomic E-state index is -0.622. The molecular weight excluding hydrogens is 346 g/mol. The van der Waals surface area contributed by atoms with Crippen molar-refractivity contribution in [2.45, 2.75) is 45.0 Å². The zero-order valence-corrected chi connectivity index (χ0v) is 15.4. The number of anilines is 1. The van der Waals surface area contributed by atoms with Crippen molar-refractivity contribution in [3.63, 3.8) is 0 Å². The standard InChI is InChI=1S/C19H23N5O3/c1-19(2)26-10-15(27-19)14(25-9-13-6-4-3-5-7-13)8-24-12-23-16-17(20)21-11-22-18(16)24/h3-7,11-12,14-15H,8-10H2,1-2H3,(H2,20,21,22)/t14-,15-/m0/s1. The zero-order valence-electron chi connectivity index (χ0n) is 15.4. The van der Waals surface area contributed by atoms with Crippen LogP contribution >= 0.6 is 0 Å². The van der Waals surface area contributed by atoms with Crippen LogP contribution in [0.4, 0.5) is 5.82 Å². The minimum absolute atomic E-state index is 0.194. The van der Waals surface area contributed by atoms with Gasteiger partial charge >= 0.3 is 0 Å². The molecule has 3 heterocycles. The largest absolute Gasteiger partial charge is 0.382 e. The van der Waals surface area contributed by atoms with Crippen molar-refractivity contribution >= 4 is 17.0 Å². The van der Waals surface area contributed by atoms with E-state index in [2.05, 4.69) is 15.0 Å². The topological polar surface area (TPSA) is 97.3 Å². The number of ether oxygens (including phenoxy) is 3. The molecule has 8 nitrogen and oxygen atoms in total. The summed E-state index contributed by atoms with van der Waals surface area (Å²) in [4.78, 5) is 12.6. The molecule has 0 unspecified atom stereocenters. The van der Waals surface area contributed by atoms with Gasteiger partial charge in [0.1, 0.15) is 24.1 Å². The highest BCUT2D eigenvalue weighted by Crippen LogP contribution is 2.27. The number of nitrogen functional groups attached to an aromatic ring is 1. The third kappa shape index (κ3) is 3.92. The Hall–Kier alpha value is -2.55. The lowest BCUT2D eigenvalue weighted by atomic mass is 10.2. The van der Waals surface area contributed by atoms with Crippen molar-refractivity contribution < 1.29 is 14.2 Å². The third-order valence-corrected chi connectivity index (χ3v) is 4.56. The molecule has 0 spiro atoms. The summed E-state index contributed by atoms with van der Waals surface area (Å²) in [6.07, 6.45) is 2.71. The molecule has 1 aromatic carbocycles. The van der Waals surface area contributed by atoms with Gasteiger partial charge in [-0.2, -0.15) is 0 Å². The van der Waals surface area contributed by atoms with Crippen molar-refractivity contribution in [1.29, 1.82) is 0 Å². The predicted octanol–water partition coefficient (Wildman–Crippen LogP) is 2.15. The van der Waals surface area contributed by atoms with E-state index in [1.165, 1.54) is 6.33 Å². The molecule has 1 saturated heterocycles. The van der Waals surface area contributed by atoms with E-state index < -0.39 is 5.79 Å². The van der Waals surface area contributed by atoms with Crippen LogP contribution in [0.1, 0.15) is 19.4 Å². The molecule has 0 saturated carbocycles. The van der Waals surface area contributed by atoms with E-state index >= 15 is 0 Å². The monoisotopic (exact) mass is 369 g/mol. The lowest BCUT2D eigenvalue weighted by Crippen LogP contribution is -2.36. The first-order chi connectivity index (χ1) is 13.0. The van der Waals surface area contributed by atoms with Gasteiger partial charge in [-0.05, 0) is 19.4 Å². The molecule has 1 aliphatic rings. The van der Waals surface area contributed by atoms with Crippen LogP contribution in [0, 0.1) is 0 Å². The molecule has 0 bridgehead atoms. The molecule has 0 aliphatic carbocycles. The number of hydrogen-bond donors (Lipinski definition) is 1. The molecule has 142 valence electrons. The predicted molar refractivity (Wildman–Crippen MR) is 99.7 cm³/mol. The summed E-state index contributed by atoms with van der Waals surface area (Å²) in [7, 11) is 0. The molecule has 2 aromatic heterocycles. The van der Waals surface area contributed by atoms with Gasteiger partial charge in [-0.3, -0.25) is 0 Å². The van der Waals surface area contributed by atoms with Crippen LogP contribution < -0.4 is 5.73 Å². The molecule has 27 heavy (non-hydrogen) atoms. The van der Waals surface area contributed by atoms with E-state index in [-0.39, 0.29) is 12.2 Å². The minimum Gasteiger partial charge on any atom is -0.382 e. The number of rotatable bonds is 6. The van der Waals surface area contributed by atoms with E-state index in [0.717, 1.165) is 5.56 Å². The fraction of sp³-hybridized carbons (Fsp3) is 0.421. The van der Waals surface area contributed by atoms with Crippen LogP contribution in [0.3, 0.4) is 0 Å². The SMILES string of the molecule is CC1(C)OC[C@@H]([C@H](Cn2cnc3c(N)ncnc32)OCc2ccccc2)O1. The normalized spacial score (nSPS) is 20.1. The Balaban J connectivity index is 1.56. The van der Waals surface area contributed by atoms with Crippen molar-refractivity contribution in [1.82, 2.24) is 19.5 Å². The van der Waals surface area contributed by atoms with E-state index in [4.69, 9.17) is 19.9 Å². The quantitative estimate of drug-likeness (QED) is 0.711. The Morgan fingerprint density at radius 3 is 2.81 bits per heavy atom. The molecule has 1 aliphatic heterocycles. The zero-order chi connectivity index (χ0) is 18.9. The van der Waals surface area contributed by atoms with Crippen molar-refractivity contribution in [3.05, 3.63) is 48.5 Å². The molecule has 1 fully saturated rings. The lowest BCUT2D eigenvalue weighted by molar-refractivity contribution is -0.159. The van der Waals surface area contributed by atoms with Crippen molar-refractivity contribution in [3.8, 4) is 0 Å². The maximum atomic E-state index is 6.23. The maximum Gasteiger partial charge on any atom is 0.165 e. The summed E-state index contributed by atoms with van der Waals surface area (Å²) in [6, 6.07) is 10.0. The molecule has 2 N–H and O–H groups in total. The van der Waals surface area contributed by atoms with Crippen molar-refractivity contribution in [2.24, 2.45) is 0 Å². The van der Waals surface area contributed by atoms with Gasteiger partial charge in [-0.15, -0.1) is 0 Å². The van der Waals surface area contributed by atoms with Crippen LogP contribution in [0.2, 0.25) is 0 Å². The van der Waals surface area contributed by atoms with Crippen LogP contribution in [0.25, 0.3) is 11.2 Å². The smallest absolute Gasteiger partial charge is 0.165 e. The number of fused-ring (bicyclic) bond motifs is 1. The number of nitrogens with zero attached hydrogens (tertiary/aromatic N) is 4. The second-order valence-corrected chi connectivity index (χ2v) is 7.03. The second kappa shape index (κ2) is 7.22. The molecule has 8 heteroatoms. The van der Waals surface area contributed by atoms with E-state index in [9.17, 15) is 0 Å². The van der Waals surface area contributed by atoms with Gasteiger partial charge in [-0.25, -0.2) is 15.0 Å². The van der Waals surface area contributed by atoms with Gasteiger partial charge < -0.3 is 24.5 Å². The Morgan fingerprint density at radius 1 is 1.26 bits per heavy atom. The highest BCUT2D eigenvalue weighted by Gasteiger charge is 2.38. The molecule has 0 amide bonds. The van der Waals surface area contributed by atoms with Gasteiger partial charge in [-0.1, -0.05) is 30.3 Å². The number of aromatic nitrogens is 4. The summed E-state index contributed by atoms with van der Waals surface area (Å²) >= 11 is 0. The third-order valence-electron chi connectivity index (χ3n) is 4.56. The number of hydrogen-bond acceptors (Lipinski definition) is 7. The summed E-state index contributed by atoms with van der Waals surface area (Å²) < 4.78 is 19.9. The summed E-state index contributed by atoms with van der Waals surface area (Å²) in [5.74, 6) is -0.259. The van der Waals surface area contributed by atoms with E-state index in [1.54, 1.807) is 6.33 Å². The number of benzene rings is 1. The highest BCUT2D eigenvalue weighted by molar-refractivity contribution is 5.81. The van der Waals surface area contributed by atoms with Gasteiger partial charge in [0.25, 0.3) is 0 Å². The molecule has 3 aromatic rings. The van der Waals surface area contributed by atoms with E-state index in [0.29, 0.717) is 36.7 Å². The van der Waals surface area contributed by atoms with Crippen LogP contribution in [0.5, 0.6) is 0 Å². The second-order valence-electron chi connectivity index (χ2n) is 7.03. The average molecular weight is 369 g/mol. The molecular formula is C19H23N5O3. The van der Waals surface area contributed by atoms with Gasteiger partial charge in [0.05, 0.1) is 26.1 Å². The first kappa shape index (κ1) is 17.8. The van der Waals surface area contributed by atoms with Gasteiger partial charge in [0.2, 0.25) is 0 Å². The number of imidazole rings is 1. The Morgan fingerprint density at radius 2 is 2.07 bits per heavy atom. The fourth-order valence-electron chi connectivity index (χ4n) is 3.18. The van der Waals surface area contributed by atoms with Gasteiger partial charge in [0, 0.05) is 0 Å². The Bertz CT molecular complexity index is 912. The van der Waals surface area contributed by atoms with Crippen LogP contribution in [0.15, 0.2) is 43.0 Å². The fourth-order valence-corrected chi connectivity index (χ4v) is 3.18. The van der Waals surface area contributed by atoms with E-state index in [1.807, 2.05) is 48.7 Å². The Labute approximate surface area is 157 Å². The summed E-state index contributed by atoms with van der Waals surface area (Å²) in [5, 5.41) is 0. The Kier molecular flexibility index (Phi) is 4.77. The summed E-state index contributed by atoms with van der Waals surface area (Å²) in [6.45, 7) is 5.28. The molecule has 2 atom stereocenters. The first-order valence-electron chi connectivity index (χ1n) is 8.90. The maximum absolute atomic E-state index is 6.23. The van der Waals surface area contributed by atoms with Gasteiger partial charge in [0.15, 0.2) is 17.3 Å². The molecule has 4 rings (SSSR count). The molecule has 0 radical (unpaired) electrons.